The maximum Gasteiger partial charge on any atom is 0.261 e. The molecule has 0 saturated heterocycles. The van der Waals surface area contributed by atoms with Crippen molar-refractivity contribution in [1.29, 1.82) is 0 Å². The smallest absolute Gasteiger partial charge is 0.261 e. The van der Waals surface area contributed by atoms with E-state index in [9.17, 15) is 9.59 Å². The number of aromatic nitrogens is 1. The van der Waals surface area contributed by atoms with Gasteiger partial charge in [0.2, 0.25) is 0 Å². The highest BCUT2D eigenvalue weighted by molar-refractivity contribution is 5.93. The topological polar surface area (TPSA) is 71.2 Å². The van der Waals surface area contributed by atoms with Gasteiger partial charge in [0.25, 0.3) is 11.5 Å². The Balaban J connectivity index is 2.69. The number of H-pyrrole nitrogens is 1. The van der Waals surface area contributed by atoms with E-state index >= 15 is 0 Å². The molecule has 0 saturated carbocycles. The van der Waals surface area contributed by atoms with Gasteiger partial charge in [0, 0.05) is 18.8 Å². The number of pyridine rings is 1. The van der Waals surface area contributed by atoms with Crippen LogP contribution in [0.15, 0.2) is 10.9 Å². The van der Waals surface area contributed by atoms with E-state index in [4.69, 9.17) is 4.74 Å². The molecule has 0 spiro atoms. The quantitative estimate of drug-likeness (QED) is 0.744. The molecular formula is C12H18N2O3. The van der Waals surface area contributed by atoms with E-state index in [0.29, 0.717) is 19.8 Å². The van der Waals surface area contributed by atoms with Crippen LogP contribution in [0.4, 0.5) is 0 Å². The molecule has 0 atom stereocenters. The third-order valence-electron chi connectivity index (χ3n) is 2.48. The second-order valence-corrected chi connectivity index (χ2v) is 3.77. The normalized spacial score (nSPS) is 10.3. The summed E-state index contributed by atoms with van der Waals surface area (Å²) in [5, 5.41) is 2.64. The predicted octanol–water partition coefficient (Wildman–Crippen LogP) is 0.758. The maximum atomic E-state index is 11.7. The van der Waals surface area contributed by atoms with Gasteiger partial charge >= 0.3 is 0 Å². The number of carbonyl (C=O) groups excluding carboxylic acids is 1. The van der Waals surface area contributed by atoms with Gasteiger partial charge in [-0.2, -0.15) is 0 Å². The van der Waals surface area contributed by atoms with Gasteiger partial charge in [-0.25, -0.2) is 0 Å². The molecule has 0 aliphatic carbocycles. The van der Waals surface area contributed by atoms with Crippen LogP contribution in [-0.2, 0) is 4.74 Å². The minimum absolute atomic E-state index is 0.143. The summed E-state index contributed by atoms with van der Waals surface area (Å²) in [6.07, 6.45) is 0. The molecule has 0 radical (unpaired) electrons. The summed E-state index contributed by atoms with van der Waals surface area (Å²) >= 11 is 0. The van der Waals surface area contributed by atoms with Crippen LogP contribution < -0.4 is 10.9 Å². The lowest BCUT2D eigenvalue weighted by Gasteiger charge is -2.06. The molecule has 17 heavy (non-hydrogen) atoms. The highest BCUT2D eigenvalue weighted by Gasteiger charge is 2.11. The number of nitrogens with one attached hydrogen (secondary N) is 2. The monoisotopic (exact) mass is 238 g/mol. The molecule has 1 aromatic rings. The van der Waals surface area contributed by atoms with Crippen molar-refractivity contribution in [2.75, 3.05) is 19.8 Å². The van der Waals surface area contributed by atoms with E-state index in [1.54, 1.807) is 13.0 Å². The Morgan fingerprint density at radius 3 is 2.82 bits per heavy atom. The fraction of sp³-hybridized carbons (Fsp3) is 0.500. The molecule has 0 unspecified atom stereocenters. The lowest BCUT2D eigenvalue weighted by atomic mass is 10.1. The minimum Gasteiger partial charge on any atom is -0.380 e. The minimum atomic E-state index is -0.367. The van der Waals surface area contributed by atoms with E-state index in [-0.39, 0.29) is 17.0 Å². The van der Waals surface area contributed by atoms with Gasteiger partial charge in [0.1, 0.15) is 5.56 Å². The van der Waals surface area contributed by atoms with Crippen LogP contribution in [-0.4, -0.2) is 30.6 Å². The van der Waals surface area contributed by atoms with Crippen molar-refractivity contribution in [2.45, 2.75) is 20.8 Å². The first kappa shape index (κ1) is 13.4. The van der Waals surface area contributed by atoms with Gasteiger partial charge in [-0.3, -0.25) is 9.59 Å². The van der Waals surface area contributed by atoms with Crippen LogP contribution in [0.25, 0.3) is 0 Å². The van der Waals surface area contributed by atoms with Crippen molar-refractivity contribution in [3.8, 4) is 0 Å². The molecule has 0 bridgehead atoms. The third-order valence-corrected chi connectivity index (χ3v) is 2.48. The number of ether oxygens (including phenoxy) is 1. The number of aryl methyl sites for hydroxylation is 2. The Labute approximate surface area is 100 Å². The summed E-state index contributed by atoms with van der Waals surface area (Å²) in [7, 11) is 0. The van der Waals surface area contributed by atoms with Gasteiger partial charge < -0.3 is 15.0 Å². The fourth-order valence-corrected chi connectivity index (χ4v) is 1.37. The van der Waals surface area contributed by atoms with Gasteiger partial charge in [-0.1, -0.05) is 0 Å². The first-order valence-electron chi connectivity index (χ1n) is 5.62. The second-order valence-electron chi connectivity index (χ2n) is 3.77. The SMILES string of the molecule is CCOCCNC(=O)c1cc(C)c(C)[nH]c1=O. The first-order chi connectivity index (χ1) is 8.06. The van der Waals surface area contributed by atoms with Crippen molar-refractivity contribution >= 4 is 5.91 Å². The number of amides is 1. The zero-order valence-corrected chi connectivity index (χ0v) is 10.4. The molecule has 5 heteroatoms. The molecule has 5 nitrogen and oxygen atoms in total. The number of rotatable bonds is 5. The molecule has 1 amide bonds. The predicted molar refractivity (Wildman–Crippen MR) is 65.4 cm³/mol. The standard InChI is InChI=1S/C12H18N2O3/c1-4-17-6-5-13-11(15)10-7-8(2)9(3)14-12(10)16/h7H,4-6H2,1-3H3,(H,13,15)(H,14,16). The summed E-state index contributed by atoms with van der Waals surface area (Å²) in [6, 6.07) is 1.60. The Morgan fingerprint density at radius 2 is 2.18 bits per heavy atom. The van der Waals surface area contributed by atoms with Gasteiger partial charge in [-0.05, 0) is 32.4 Å². The highest BCUT2D eigenvalue weighted by atomic mass is 16.5. The summed E-state index contributed by atoms with van der Waals surface area (Å²) in [5.74, 6) is -0.367. The molecule has 0 aliphatic heterocycles. The lowest BCUT2D eigenvalue weighted by Crippen LogP contribution is -2.32. The van der Waals surface area contributed by atoms with E-state index < -0.39 is 0 Å². The molecular weight excluding hydrogens is 220 g/mol. The molecule has 94 valence electrons. The third kappa shape index (κ3) is 3.71. The van der Waals surface area contributed by atoms with Crippen molar-refractivity contribution in [1.82, 2.24) is 10.3 Å². The maximum absolute atomic E-state index is 11.7. The Kier molecular flexibility index (Phi) is 4.90. The zero-order valence-electron chi connectivity index (χ0n) is 10.4. The molecule has 1 rings (SSSR count). The summed E-state index contributed by atoms with van der Waals surface area (Å²) in [5.41, 5.74) is 1.45. The van der Waals surface area contributed by atoms with Crippen LogP contribution in [0.2, 0.25) is 0 Å². The van der Waals surface area contributed by atoms with Gasteiger partial charge in [0.05, 0.1) is 6.61 Å². The summed E-state index contributed by atoms with van der Waals surface area (Å²) < 4.78 is 5.09. The summed E-state index contributed by atoms with van der Waals surface area (Å²) in [4.78, 5) is 25.9. The van der Waals surface area contributed by atoms with Crippen molar-refractivity contribution in [3.63, 3.8) is 0 Å². The second kappa shape index (κ2) is 6.20. The number of carbonyl (C=O) groups is 1. The Hall–Kier alpha value is -1.62. The first-order valence-corrected chi connectivity index (χ1v) is 5.62. The molecule has 0 fully saturated rings. The fourth-order valence-electron chi connectivity index (χ4n) is 1.37. The number of hydrogen-bond donors (Lipinski definition) is 2. The van der Waals surface area contributed by atoms with Crippen molar-refractivity contribution < 1.29 is 9.53 Å². The van der Waals surface area contributed by atoms with Crippen molar-refractivity contribution in [3.05, 3.63) is 33.2 Å². The van der Waals surface area contributed by atoms with Gasteiger partial charge in [-0.15, -0.1) is 0 Å². The Bertz CT molecular complexity index is 452. The zero-order chi connectivity index (χ0) is 12.8. The van der Waals surface area contributed by atoms with E-state index in [0.717, 1.165) is 11.3 Å². The average Bonchev–Trinajstić information content (AvgIpc) is 2.29. The van der Waals surface area contributed by atoms with Crippen molar-refractivity contribution in [2.24, 2.45) is 0 Å². The van der Waals surface area contributed by atoms with Crippen LogP contribution in [0.5, 0.6) is 0 Å². The average molecular weight is 238 g/mol. The highest BCUT2D eigenvalue weighted by Crippen LogP contribution is 2.02. The van der Waals surface area contributed by atoms with E-state index in [1.807, 2.05) is 13.8 Å². The van der Waals surface area contributed by atoms with Crippen LogP contribution in [0, 0.1) is 13.8 Å². The van der Waals surface area contributed by atoms with Crippen LogP contribution in [0.1, 0.15) is 28.5 Å². The summed E-state index contributed by atoms with van der Waals surface area (Å²) in [6.45, 7) is 7.00. The lowest BCUT2D eigenvalue weighted by molar-refractivity contribution is 0.0921. The van der Waals surface area contributed by atoms with Gasteiger partial charge in [0.15, 0.2) is 0 Å². The van der Waals surface area contributed by atoms with E-state index in [2.05, 4.69) is 10.3 Å². The molecule has 2 N–H and O–H groups in total. The van der Waals surface area contributed by atoms with E-state index in [1.165, 1.54) is 0 Å². The largest absolute Gasteiger partial charge is 0.380 e. The molecule has 0 aromatic carbocycles. The molecule has 0 aliphatic rings. The number of hydrogen-bond acceptors (Lipinski definition) is 3. The Morgan fingerprint density at radius 1 is 1.47 bits per heavy atom. The van der Waals surface area contributed by atoms with Crippen LogP contribution >= 0.6 is 0 Å². The molecule has 1 aromatic heterocycles. The van der Waals surface area contributed by atoms with Crippen LogP contribution in [0.3, 0.4) is 0 Å². The molecule has 1 heterocycles. The number of aromatic amines is 1.